The highest BCUT2D eigenvalue weighted by Gasteiger charge is 2.04. The highest BCUT2D eigenvalue weighted by Crippen LogP contribution is 2.20. The summed E-state index contributed by atoms with van der Waals surface area (Å²) in [5, 5.41) is 0.240. The van der Waals surface area contributed by atoms with Crippen molar-refractivity contribution < 1.29 is 14.0 Å². The molecule has 0 bridgehead atoms. The van der Waals surface area contributed by atoms with Crippen molar-refractivity contribution in [3.8, 4) is 0 Å². The standard InChI is InChI=1S/C16H13ClFNO2/c17-14-7-4-8-15(18)13(14)9-10-16(20)19-21-11-12-5-2-1-3-6-12/h1-10H,11H2,(H,19,20)/b10-9+. The summed E-state index contributed by atoms with van der Waals surface area (Å²) in [7, 11) is 0. The fourth-order valence-electron chi connectivity index (χ4n) is 1.63. The van der Waals surface area contributed by atoms with Gasteiger partial charge in [-0.05, 0) is 23.8 Å². The van der Waals surface area contributed by atoms with Crippen LogP contribution in [-0.4, -0.2) is 5.91 Å². The summed E-state index contributed by atoms with van der Waals surface area (Å²) in [6, 6.07) is 13.7. The SMILES string of the molecule is O=C(/C=C/c1c(F)cccc1Cl)NOCc1ccccc1. The molecule has 0 aromatic heterocycles. The maximum atomic E-state index is 13.5. The van der Waals surface area contributed by atoms with Crippen molar-refractivity contribution in [2.24, 2.45) is 0 Å². The number of carbonyl (C=O) groups is 1. The van der Waals surface area contributed by atoms with E-state index in [9.17, 15) is 9.18 Å². The third kappa shape index (κ3) is 4.70. The van der Waals surface area contributed by atoms with Crippen LogP contribution in [0, 0.1) is 5.82 Å². The Kier molecular flexibility index (Phi) is 5.49. The second kappa shape index (κ2) is 7.57. The minimum atomic E-state index is -0.495. The van der Waals surface area contributed by atoms with Crippen molar-refractivity contribution >= 4 is 23.6 Å². The van der Waals surface area contributed by atoms with Gasteiger partial charge in [0.2, 0.25) is 0 Å². The Morgan fingerprint density at radius 3 is 2.67 bits per heavy atom. The molecule has 0 saturated heterocycles. The third-order valence-corrected chi connectivity index (χ3v) is 2.99. The maximum absolute atomic E-state index is 13.5. The van der Waals surface area contributed by atoms with Gasteiger partial charge in [0.15, 0.2) is 0 Å². The summed E-state index contributed by atoms with van der Waals surface area (Å²) >= 11 is 5.84. The fraction of sp³-hybridized carbons (Fsp3) is 0.0625. The van der Waals surface area contributed by atoms with Crippen molar-refractivity contribution in [3.63, 3.8) is 0 Å². The lowest BCUT2D eigenvalue weighted by Gasteiger charge is -2.03. The number of nitrogens with one attached hydrogen (secondary N) is 1. The van der Waals surface area contributed by atoms with Crippen LogP contribution in [0.25, 0.3) is 6.08 Å². The van der Waals surface area contributed by atoms with Gasteiger partial charge in [-0.15, -0.1) is 0 Å². The van der Waals surface area contributed by atoms with E-state index in [1.807, 2.05) is 30.3 Å². The molecule has 1 amide bonds. The highest BCUT2D eigenvalue weighted by atomic mass is 35.5. The quantitative estimate of drug-likeness (QED) is 0.675. The van der Waals surface area contributed by atoms with E-state index in [4.69, 9.17) is 16.4 Å². The third-order valence-electron chi connectivity index (χ3n) is 2.66. The van der Waals surface area contributed by atoms with Gasteiger partial charge in [-0.1, -0.05) is 48.0 Å². The zero-order chi connectivity index (χ0) is 15.1. The van der Waals surface area contributed by atoms with Crippen molar-refractivity contribution in [1.29, 1.82) is 0 Å². The van der Waals surface area contributed by atoms with Crippen LogP contribution in [0.1, 0.15) is 11.1 Å². The summed E-state index contributed by atoms with van der Waals surface area (Å²) in [5.41, 5.74) is 3.34. The summed E-state index contributed by atoms with van der Waals surface area (Å²) in [4.78, 5) is 16.6. The lowest BCUT2D eigenvalue weighted by atomic mass is 10.2. The maximum Gasteiger partial charge on any atom is 0.267 e. The van der Waals surface area contributed by atoms with Crippen molar-refractivity contribution in [2.45, 2.75) is 6.61 Å². The van der Waals surface area contributed by atoms with Gasteiger partial charge in [-0.25, -0.2) is 9.87 Å². The smallest absolute Gasteiger partial charge is 0.267 e. The number of rotatable bonds is 5. The second-order valence-electron chi connectivity index (χ2n) is 4.21. The molecule has 0 heterocycles. The van der Waals surface area contributed by atoms with Gasteiger partial charge < -0.3 is 0 Å². The Morgan fingerprint density at radius 1 is 1.19 bits per heavy atom. The molecule has 0 fully saturated rings. The predicted octanol–water partition coefficient (Wildman–Crippen LogP) is 3.74. The lowest BCUT2D eigenvalue weighted by molar-refractivity contribution is -0.129. The fourth-order valence-corrected chi connectivity index (χ4v) is 1.85. The van der Waals surface area contributed by atoms with Gasteiger partial charge >= 0.3 is 0 Å². The summed E-state index contributed by atoms with van der Waals surface area (Å²) < 4.78 is 13.5. The number of carbonyl (C=O) groups excluding carboxylic acids is 1. The molecule has 2 aromatic carbocycles. The van der Waals surface area contributed by atoms with Gasteiger partial charge in [-0.3, -0.25) is 9.63 Å². The minimum Gasteiger partial charge on any atom is -0.269 e. The van der Waals surface area contributed by atoms with Crippen molar-refractivity contribution in [2.75, 3.05) is 0 Å². The van der Waals surface area contributed by atoms with E-state index in [0.717, 1.165) is 11.6 Å². The number of hydroxylamine groups is 1. The molecule has 2 rings (SSSR count). The normalized spacial score (nSPS) is 10.8. The summed E-state index contributed by atoms with van der Waals surface area (Å²) in [6.45, 7) is 0.251. The highest BCUT2D eigenvalue weighted by molar-refractivity contribution is 6.32. The molecule has 0 aliphatic heterocycles. The molecule has 2 aromatic rings. The Bertz CT molecular complexity index is 624. The monoisotopic (exact) mass is 305 g/mol. The molecule has 0 aliphatic rings. The molecular formula is C16H13ClFNO2. The Hall–Kier alpha value is -2.17. The van der Waals surface area contributed by atoms with Gasteiger partial charge in [0.1, 0.15) is 5.82 Å². The number of halogens is 2. The zero-order valence-corrected chi connectivity index (χ0v) is 11.8. The summed E-state index contributed by atoms with van der Waals surface area (Å²) in [6.07, 6.45) is 2.47. The molecular weight excluding hydrogens is 293 g/mol. The molecule has 0 atom stereocenters. The van der Waals surface area contributed by atoms with E-state index < -0.39 is 11.7 Å². The van der Waals surface area contributed by atoms with E-state index in [1.54, 1.807) is 6.07 Å². The van der Waals surface area contributed by atoms with Crippen molar-refractivity contribution in [3.05, 3.63) is 76.6 Å². The first-order valence-corrected chi connectivity index (χ1v) is 6.62. The number of amides is 1. The van der Waals surface area contributed by atoms with Gasteiger partial charge in [0.25, 0.3) is 5.91 Å². The lowest BCUT2D eigenvalue weighted by Crippen LogP contribution is -2.21. The molecule has 3 nitrogen and oxygen atoms in total. The van der Waals surface area contributed by atoms with E-state index >= 15 is 0 Å². The largest absolute Gasteiger partial charge is 0.269 e. The molecule has 0 saturated carbocycles. The molecule has 1 N–H and O–H groups in total. The molecule has 5 heteroatoms. The average Bonchev–Trinajstić information content (AvgIpc) is 2.48. The van der Waals surface area contributed by atoms with E-state index in [-0.39, 0.29) is 17.2 Å². The molecule has 108 valence electrons. The first kappa shape index (κ1) is 15.2. The van der Waals surface area contributed by atoms with E-state index in [0.29, 0.717) is 0 Å². The average molecular weight is 306 g/mol. The summed E-state index contributed by atoms with van der Waals surface area (Å²) in [5.74, 6) is -0.984. The Labute approximate surface area is 127 Å². The van der Waals surface area contributed by atoms with Crippen LogP contribution in [0.2, 0.25) is 5.02 Å². The van der Waals surface area contributed by atoms with Crippen LogP contribution in [-0.2, 0) is 16.2 Å². The number of hydrogen-bond acceptors (Lipinski definition) is 2. The van der Waals surface area contributed by atoms with Crippen LogP contribution in [0.5, 0.6) is 0 Å². The molecule has 0 spiro atoms. The van der Waals surface area contributed by atoms with Gasteiger partial charge in [0.05, 0.1) is 11.6 Å². The zero-order valence-electron chi connectivity index (χ0n) is 11.1. The van der Waals surface area contributed by atoms with E-state index in [1.165, 1.54) is 18.2 Å². The van der Waals surface area contributed by atoms with Crippen LogP contribution in [0.3, 0.4) is 0 Å². The first-order chi connectivity index (χ1) is 10.2. The molecule has 0 aliphatic carbocycles. The number of benzene rings is 2. The van der Waals surface area contributed by atoms with Crippen molar-refractivity contribution in [1.82, 2.24) is 5.48 Å². The topological polar surface area (TPSA) is 38.3 Å². The Morgan fingerprint density at radius 2 is 1.95 bits per heavy atom. The van der Waals surface area contributed by atoms with Crippen LogP contribution in [0.15, 0.2) is 54.6 Å². The Balaban J connectivity index is 1.86. The number of hydrogen-bond donors (Lipinski definition) is 1. The minimum absolute atomic E-state index is 0.164. The van der Waals surface area contributed by atoms with E-state index in [2.05, 4.69) is 5.48 Å². The predicted molar refractivity (Wildman–Crippen MR) is 79.8 cm³/mol. The second-order valence-corrected chi connectivity index (χ2v) is 4.62. The van der Waals surface area contributed by atoms with Crippen LogP contribution in [0.4, 0.5) is 4.39 Å². The first-order valence-electron chi connectivity index (χ1n) is 6.24. The molecule has 0 radical (unpaired) electrons. The van der Waals surface area contributed by atoms with Crippen LogP contribution < -0.4 is 5.48 Å². The van der Waals surface area contributed by atoms with Gasteiger partial charge in [-0.2, -0.15) is 0 Å². The molecule has 0 unspecified atom stereocenters. The van der Waals surface area contributed by atoms with Crippen LogP contribution >= 0.6 is 11.6 Å². The molecule has 21 heavy (non-hydrogen) atoms. The van der Waals surface area contributed by atoms with Gasteiger partial charge in [0, 0.05) is 11.6 Å².